The van der Waals surface area contributed by atoms with Gasteiger partial charge < -0.3 is 10.6 Å². The van der Waals surface area contributed by atoms with Crippen molar-refractivity contribution < 1.29 is 19.2 Å². The van der Waals surface area contributed by atoms with Gasteiger partial charge in [0, 0.05) is 36.8 Å². The van der Waals surface area contributed by atoms with E-state index in [0.717, 1.165) is 11.5 Å². The number of nitrogens with one attached hydrogen (secondary N) is 2. The van der Waals surface area contributed by atoms with E-state index in [1.807, 2.05) is 27.7 Å². The van der Waals surface area contributed by atoms with Crippen molar-refractivity contribution in [3.05, 3.63) is 0 Å². The van der Waals surface area contributed by atoms with E-state index in [0.29, 0.717) is 23.8 Å². The average molecular weight is 405 g/mol. The molecule has 0 aliphatic carbocycles. The number of rotatable bonds is 15. The zero-order chi connectivity index (χ0) is 19.9. The van der Waals surface area contributed by atoms with Crippen molar-refractivity contribution in [3.8, 4) is 0 Å². The lowest BCUT2D eigenvalue weighted by atomic mass is 10.1. The van der Waals surface area contributed by atoms with Crippen molar-refractivity contribution in [2.24, 2.45) is 5.92 Å². The molecule has 0 aromatic heterocycles. The van der Waals surface area contributed by atoms with Gasteiger partial charge in [-0.15, -0.1) is 0 Å². The standard InChI is InChI=1S/C18H32N2O4S2/c1-13(2)9-16(22)10-19-18(24)12-26-8-7-25-11-15(21)5-6-17(23)20-14(3)4/h13-14H,5-12H2,1-4H3,(H,19,24)(H,20,23). The largest absolute Gasteiger partial charge is 0.354 e. The molecule has 6 nitrogen and oxygen atoms in total. The predicted octanol–water partition coefficient (Wildman–Crippen LogP) is 2.06. The topological polar surface area (TPSA) is 92.3 Å². The molecule has 0 aromatic rings. The Labute approximate surface area is 165 Å². The second-order valence-corrected chi connectivity index (χ2v) is 8.99. The molecule has 0 aliphatic rings. The van der Waals surface area contributed by atoms with Crippen molar-refractivity contribution in [1.82, 2.24) is 10.6 Å². The normalized spacial score (nSPS) is 10.8. The maximum Gasteiger partial charge on any atom is 0.230 e. The van der Waals surface area contributed by atoms with Crippen LogP contribution >= 0.6 is 23.5 Å². The minimum atomic E-state index is -0.135. The smallest absolute Gasteiger partial charge is 0.230 e. The van der Waals surface area contributed by atoms with Crippen LogP contribution in [0.15, 0.2) is 0 Å². The summed E-state index contributed by atoms with van der Waals surface area (Å²) in [5, 5.41) is 5.39. The van der Waals surface area contributed by atoms with Gasteiger partial charge in [-0.3, -0.25) is 19.2 Å². The third-order valence-corrected chi connectivity index (χ3v) is 5.30. The third-order valence-electron chi connectivity index (χ3n) is 3.07. The number of amides is 2. The predicted molar refractivity (Wildman–Crippen MR) is 110 cm³/mol. The van der Waals surface area contributed by atoms with Gasteiger partial charge in [0.25, 0.3) is 0 Å². The Morgan fingerprint density at radius 2 is 1.42 bits per heavy atom. The van der Waals surface area contributed by atoms with Gasteiger partial charge in [0.2, 0.25) is 11.8 Å². The molecule has 2 N–H and O–H groups in total. The number of hydrogen-bond acceptors (Lipinski definition) is 6. The molecular weight excluding hydrogens is 372 g/mol. The van der Waals surface area contributed by atoms with Crippen LogP contribution in [0.25, 0.3) is 0 Å². The lowest BCUT2D eigenvalue weighted by Crippen LogP contribution is -2.31. The zero-order valence-electron chi connectivity index (χ0n) is 16.3. The van der Waals surface area contributed by atoms with E-state index in [2.05, 4.69) is 10.6 Å². The van der Waals surface area contributed by atoms with E-state index in [1.54, 1.807) is 0 Å². The van der Waals surface area contributed by atoms with E-state index in [9.17, 15) is 19.2 Å². The molecule has 0 spiro atoms. The number of Topliss-reactive ketones (excluding diaryl/α,β-unsaturated/α-hetero) is 2. The van der Waals surface area contributed by atoms with Crippen LogP contribution in [0.2, 0.25) is 0 Å². The van der Waals surface area contributed by atoms with Gasteiger partial charge in [-0.25, -0.2) is 0 Å². The highest BCUT2D eigenvalue weighted by molar-refractivity contribution is 8.03. The number of thioether (sulfide) groups is 2. The fourth-order valence-electron chi connectivity index (χ4n) is 1.96. The Bertz CT molecular complexity index is 426. The number of hydrogen-bond donors (Lipinski definition) is 2. The van der Waals surface area contributed by atoms with Crippen LogP contribution in [0.1, 0.15) is 47.0 Å². The second kappa shape index (κ2) is 15.1. The zero-order valence-corrected chi connectivity index (χ0v) is 17.9. The first-order valence-electron chi connectivity index (χ1n) is 8.95. The molecule has 0 aliphatic heterocycles. The molecule has 8 heteroatoms. The number of ketones is 2. The summed E-state index contributed by atoms with van der Waals surface area (Å²) in [6.07, 6.45) is 0.991. The van der Waals surface area contributed by atoms with Gasteiger partial charge in [-0.1, -0.05) is 13.8 Å². The van der Waals surface area contributed by atoms with Crippen molar-refractivity contribution in [1.29, 1.82) is 0 Å². The highest BCUT2D eigenvalue weighted by atomic mass is 32.2. The van der Waals surface area contributed by atoms with Gasteiger partial charge in [0.05, 0.1) is 18.1 Å². The summed E-state index contributed by atoms with van der Waals surface area (Å²) in [4.78, 5) is 46.3. The third kappa shape index (κ3) is 16.4. The van der Waals surface area contributed by atoms with Gasteiger partial charge in [-0.2, -0.15) is 23.5 Å². The molecule has 0 rings (SSSR count). The Kier molecular flexibility index (Phi) is 14.5. The lowest BCUT2D eigenvalue weighted by Gasteiger charge is -2.07. The van der Waals surface area contributed by atoms with Gasteiger partial charge in [0.15, 0.2) is 5.78 Å². The van der Waals surface area contributed by atoms with Crippen LogP contribution < -0.4 is 10.6 Å². The molecule has 0 heterocycles. The summed E-state index contributed by atoms with van der Waals surface area (Å²) in [6, 6.07) is 0.0922. The molecule has 0 aromatic carbocycles. The van der Waals surface area contributed by atoms with Crippen LogP contribution in [0.3, 0.4) is 0 Å². The summed E-state index contributed by atoms with van der Waals surface area (Å²) >= 11 is 3.00. The first-order valence-corrected chi connectivity index (χ1v) is 11.3. The molecule has 0 saturated heterocycles. The van der Waals surface area contributed by atoms with Crippen molar-refractivity contribution in [3.63, 3.8) is 0 Å². The minimum Gasteiger partial charge on any atom is -0.354 e. The highest BCUT2D eigenvalue weighted by Crippen LogP contribution is 2.08. The summed E-state index contributed by atoms with van der Waals surface area (Å²) in [5.74, 6) is 2.45. The average Bonchev–Trinajstić information content (AvgIpc) is 2.53. The van der Waals surface area contributed by atoms with E-state index in [-0.39, 0.29) is 48.8 Å². The summed E-state index contributed by atoms with van der Waals surface area (Å²) in [5.41, 5.74) is 0. The molecular formula is C18H32N2O4S2. The quantitative estimate of drug-likeness (QED) is 0.406. The first-order chi connectivity index (χ1) is 12.2. The molecule has 26 heavy (non-hydrogen) atoms. The van der Waals surface area contributed by atoms with E-state index in [1.165, 1.54) is 23.5 Å². The van der Waals surface area contributed by atoms with Gasteiger partial charge >= 0.3 is 0 Å². The monoisotopic (exact) mass is 404 g/mol. The molecule has 0 bridgehead atoms. The minimum absolute atomic E-state index is 0.0505. The van der Waals surface area contributed by atoms with Gasteiger partial charge in [0.1, 0.15) is 5.78 Å². The van der Waals surface area contributed by atoms with Crippen molar-refractivity contribution in [2.45, 2.75) is 53.0 Å². The Morgan fingerprint density at radius 1 is 0.808 bits per heavy atom. The van der Waals surface area contributed by atoms with Crippen LogP contribution in [-0.4, -0.2) is 59.0 Å². The molecule has 0 fully saturated rings. The fraction of sp³-hybridized carbons (Fsp3) is 0.778. The molecule has 0 atom stereocenters. The summed E-state index contributed by atoms with van der Waals surface area (Å²) in [6.45, 7) is 7.82. The number of carbonyl (C=O) groups is 4. The summed E-state index contributed by atoms with van der Waals surface area (Å²) in [7, 11) is 0. The molecule has 0 unspecified atom stereocenters. The fourth-order valence-corrected chi connectivity index (χ4v) is 3.85. The molecule has 0 radical (unpaired) electrons. The first kappa shape index (κ1) is 25.0. The van der Waals surface area contributed by atoms with Crippen LogP contribution in [0, 0.1) is 5.92 Å². The molecule has 2 amide bonds. The van der Waals surface area contributed by atoms with Crippen LogP contribution in [-0.2, 0) is 19.2 Å². The van der Waals surface area contributed by atoms with Crippen molar-refractivity contribution in [2.75, 3.05) is 29.6 Å². The van der Waals surface area contributed by atoms with Crippen LogP contribution in [0.5, 0.6) is 0 Å². The lowest BCUT2D eigenvalue weighted by molar-refractivity contribution is -0.124. The Balaban J connectivity index is 3.57. The maximum atomic E-state index is 11.7. The Morgan fingerprint density at radius 3 is 2.00 bits per heavy atom. The highest BCUT2D eigenvalue weighted by Gasteiger charge is 2.09. The van der Waals surface area contributed by atoms with E-state index in [4.69, 9.17) is 0 Å². The molecule has 0 saturated carbocycles. The van der Waals surface area contributed by atoms with E-state index >= 15 is 0 Å². The van der Waals surface area contributed by atoms with Gasteiger partial charge in [-0.05, 0) is 19.8 Å². The second-order valence-electron chi connectivity index (χ2n) is 6.78. The number of carbonyl (C=O) groups excluding carboxylic acids is 4. The Hall–Kier alpha value is -1.02. The summed E-state index contributed by atoms with van der Waals surface area (Å²) < 4.78 is 0. The maximum absolute atomic E-state index is 11.7. The van der Waals surface area contributed by atoms with E-state index < -0.39 is 0 Å². The molecule has 150 valence electrons. The van der Waals surface area contributed by atoms with Crippen molar-refractivity contribution >= 4 is 46.9 Å². The van der Waals surface area contributed by atoms with Crippen LogP contribution in [0.4, 0.5) is 0 Å². The SMILES string of the molecule is CC(C)CC(=O)CNC(=O)CSCCSCC(=O)CCC(=O)NC(C)C.